The summed E-state index contributed by atoms with van der Waals surface area (Å²) in [4.78, 5) is 70.9. The Labute approximate surface area is 343 Å². The highest BCUT2D eigenvalue weighted by atomic mass is 16.2. The highest BCUT2D eigenvalue weighted by molar-refractivity contribution is 5.95. The van der Waals surface area contributed by atoms with Crippen molar-refractivity contribution in [3.05, 3.63) is 138 Å². The molecule has 306 valence electrons. The second kappa shape index (κ2) is 22.5. The van der Waals surface area contributed by atoms with Crippen molar-refractivity contribution in [3.63, 3.8) is 0 Å². The first-order valence-corrected chi connectivity index (χ1v) is 20.6. The summed E-state index contributed by atoms with van der Waals surface area (Å²) < 4.78 is 0. The Hall–Kier alpha value is -5.45. The molecule has 4 aromatic carbocycles. The maximum Gasteiger partial charge on any atom is 0.229 e. The molecule has 0 aliphatic carbocycles. The maximum atomic E-state index is 13.9. The number of hydrogen-bond acceptors (Lipinski definition) is 7. The second-order valence-corrected chi connectivity index (χ2v) is 15.7. The molecule has 0 radical (unpaired) electrons. The fraction of sp³-hybridized carbons (Fsp3) is 0.396. The first-order valence-electron chi connectivity index (χ1n) is 20.6. The lowest BCUT2D eigenvalue weighted by Crippen LogP contribution is -2.48. The molecular formula is C48H59N5O5. The number of piperidine rings is 1. The summed E-state index contributed by atoms with van der Waals surface area (Å²) in [5.74, 6) is -2.71. The lowest BCUT2D eigenvalue weighted by molar-refractivity contribution is -0.131. The van der Waals surface area contributed by atoms with E-state index in [9.17, 15) is 24.0 Å². The molecule has 0 saturated carbocycles. The van der Waals surface area contributed by atoms with E-state index in [0.717, 1.165) is 61.3 Å². The summed E-state index contributed by atoms with van der Waals surface area (Å²) in [5.41, 5.74) is 11.3. The number of rotatable bonds is 21. The molecule has 1 aliphatic heterocycles. The molecular weight excluding hydrogens is 727 g/mol. The van der Waals surface area contributed by atoms with Crippen molar-refractivity contribution in [2.75, 3.05) is 37.6 Å². The molecule has 3 amide bonds. The van der Waals surface area contributed by atoms with Gasteiger partial charge in [0.15, 0.2) is 11.6 Å². The van der Waals surface area contributed by atoms with Crippen molar-refractivity contribution in [1.29, 1.82) is 0 Å². The van der Waals surface area contributed by atoms with Crippen LogP contribution in [0.3, 0.4) is 0 Å². The number of nitrogens with zero attached hydrogens (tertiary/aromatic N) is 2. The maximum absolute atomic E-state index is 13.9. The largest absolute Gasteiger partial charge is 0.355 e. The standard InChI is InChI=1S/C48H59N5O5/c1-35-18-20-39(21-19-35)32-44(49)45(55)30-36(2)47(57)51-34-43(54)33-40(31-38-14-8-4-9-15-38)48(58)50-26-22-46(56)53(41-16-10-5-11-17-41)42-24-28-52(29-25-42)27-23-37-12-6-3-7-13-37/h3-21,36,40,42,44H,22-34,49H2,1-2H3,(H,50,58)(H,51,57)/t36-,40+,44-/m1/s1. The molecule has 4 aromatic rings. The van der Waals surface area contributed by atoms with Gasteiger partial charge in [-0.15, -0.1) is 0 Å². The summed E-state index contributed by atoms with van der Waals surface area (Å²) in [6, 6.07) is 36.8. The van der Waals surface area contributed by atoms with Crippen molar-refractivity contribution in [1.82, 2.24) is 15.5 Å². The Balaban J connectivity index is 1.11. The number of ketones is 2. The Bertz CT molecular complexity index is 1910. The third-order valence-corrected chi connectivity index (χ3v) is 11.0. The highest BCUT2D eigenvalue weighted by Gasteiger charge is 2.30. The molecule has 0 spiro atoms. The van der Waals surface area contributed by atoms with Gasteiger partial charge in [0.25, 0.3) is 0 Å². The molecule has 1 fully saturated rings. The molecule has 0 unspecified atom stereocenters. The van der Waals surface area contributed by atoms with E-state index in [2.05, 4.69) is 39.8 Å². The number of aryl methyl sites for hydroxylation is 1. The number of carbonyl (C=O) groups excluding carboxylic acids is 5. The molecule has 5 rings (SSSR count). The van der Waals surface area contributed by atoms with E-state index in [4.69, 9.17) is 5.73 Å². The zero-order chi connectivity index (χ0) is 41.3. The Morgan fingerprint density at radius 1 is 0.724 bits per heavy atom. The number of carbonyl (C=O) groups is 5. The van der Waals surface area contributed by atoms with Gasteiger partial charge < -0.3 is 26.2 Å². The predicted molar refractivity (Wildman–Crippen MR) is 229 cm³/mol. The van der Waals surface area contributed by atoms with Crippen LogP contribution in [0.25, 0.3) is 0 Å². The minimum absolute atomic E-state index is 0.0412. The van der Waals surface area contributed by atoms with Gasteiger partial charge in [-0.1, -0.05) is 116 Å². The van der Waals surface area contributed by atoms with Crippen LogP contribution in [0, 0.1) is 18.8 Å². The summed E-state index contributed by atoms with van der Waals surface area (Å²) in [6.07, 6.45) is 3.39. The van der Waals surface area contributed by atoms with Gasteiger partial charge in [-0.2, -0.15) is 0 Å². The van der Waals surface area contributed by atoms with Gasteiger partial charge in [0.1, 0.15) is 0 Å². The van der Waals surface area contributed by atoms with E-state index in [-0.39, 0.29) is 61.8 Å². The number of para-hydroxylation sites is 1. The van der Waals surface area contributed by atoms with Crippen LogP contribution in [-0.2, 0) is 43.2 Å². The molecule has 1 heterocycles. The molecule has 1 aliphatic rings. The number of nitrogens with two attached hydrogens (primary N) is 1. The van der Waals surface area contributed by atoms with Crippen LogP contribution in [0.2, 0.25) is 0 Å². The van der Waals surface area contributed by atoms with E-state index < -0.39 is 23.8 Å². The Kier molecular flexibility index (Phi) is 16.9. The third-order valence-electron chi connectivity index (χ3n) is 11.0. The van der Waals surface area contributed by atoms with Crippen LogP contribution >= 0.6 is 0 Å². The summed E-state index contributed by atoms with van der Waals surface area (Å²) >= 11 is 0. The molecule has 3 atom stereocenters. The van der Waals surface area contributed by atoms with Gasteiger partial charge in [-0.05, 0) is 67.9 Å². The minimum Gasteiger partial charge on any atom is -0.355 e. The molecule has 10 nitrogen and oxygen atoms in total. The first kappa shape index (κ1) is 43.7. The van der Waals surface area contributed by atoms with Gasteiger partial charge in [0, 0.05) is 69.0 Å². The quantitative estimate of drug-likeness (QED) is 0.0994. The van der Waals surface area contributed by atoms with E-state index >= 15 is 0 Å². The molecule has 4 N–H and O–H groups in total. The van der Waals surface area contributed by atoms with Crippen molar-refractivity contribution >= 4 is 35.0 Å². The average Bonchev–Trinajstić information content (AvgIpc) is 3.24. The fourth-order valence-electron chi connectivity index (χ4n) is 7.54. The molecule has 10 heteroatoms. The molecule has 58 heavy (non-hydrogen) atoms. The zero-order valence-electron chi connectivity index (χ0n) is 34.0. The van der Waals surface area contributed by atoms with Crippen LogP contribution in [0.1, 0.15) is 61.3 Å². The van der Waals surface area contributed by atoms with Crippen molar-refractivity contribution in [3.8, 4) is 0 Å². The average molecular weight is 786 g/mol. The van der Waals surface area contributed by atoms with Gasteiger partial charge in [0.05, 0.1) is 12.6 Å². The van der Waals surface area contributed by atoms with Crippen molar-refractivity contribution < 1.29 is 24.0 Å². The van der Waals surface area contributed by atoms with Crippen LogP contribution in [0.15, 0.2) is 115 Å². The van der Waals surface area contributed by atoms with Crippen molar-refractivity contribution in [2.45, 2.75) is 77.3 Å². The lowest BCUT2D eigenvalue weighted by atomic mass is 9.93. The number of anilines is 1. The topological polar surface area (TPSA) is 142 Å². The SMILES string of the molecule is Cc1ccc(C[C@@H](N)C(=O)C[C@@H](C)C(=O)NCC(=O)C[C@H](Cc2ccccc2)C(=O)NCCC(=O)N(c2ccccc2)C2CCN(CCc3ccccc3)CC2)cc1. The van der Waals surface area contributed by atoms with Gasteiger partial charge in [-0.3, -0.25) is 24.0 Å². The number of amides is 3. The van der Waals surface area contributed by atoms with E-state index in [0.29, 0.717) is 12.8 Å². The molecule has 1 saturated heterocycles. The number of nitrogens with one attached hydrogen (secondary N) is 2. The van der Waals surface area contributed by atoms with Crippen molar-refractivity contribution in [2.24, 2.45) is 17.6 Å². The highest BCUT2D eigenvalue weighted by Crippen LogP contribution is 2.25. The predicted octanol–water partition coefficient (Wildman–Crippen LogP) is 5.64. The zero-order valence-corrected chi connectivity index (χ0v) is 34.0. The smallest absolute Gasteiger partial charge is 0.229 e. The van der Waals surface area contributed by atoms with Gasteiger partial charge >= 0.3 is 0 Å². The van der Waals surface area contributed by atoms with Gasteiger partial charge in [0.2, 0.25) is 17.7 Å². The number of benzene rings is 4. The summed E-state index contributed by atoms with van der Waals surface area (Å²) in [5, 5.41) is 5.60. The first-order chi connectivity index (χ1) is 28.0. The lowest BCUT2D eigenvalue weighted by Gasteiger charge is -2.38. The van der Waals surface area contributed by atoms with E-state index in [1.54, 1.807) is 6.92 Å². The molecule has 0 aromatic heterocycles. The molecule has 0 bridgehead atoms. The number of hydrogen-bond donors (Lipinski definition) is 3. The number of likely N-dealkylation sites (tertiary alicyclic amines) is 1. The van der Waals surface area contributed by atoms with Gasteiger partial charge in [-0.25, -0.2) is 0 Å². The van der Waals surface area contributed by atoms with Crippen LogP contribution < -0.4 is 21.3 Å². The minimum atomic E-state index is -0.734. The van der Waals surface area contributed by atoms with E-state index in [1.165, 1.54) is 5.56 Å². The second-order valence-electron chi connectivity index (χ2n) is 15.7. The third kappa shape index (κ3) is 13.9. The fourth-order valence-corrected chi connectivity index (χ4v) is 7.54. The normalized spacial score (nSPS) is 14.8. The monoisotopic (exact) mass is 785 g/mol. The van der Waals surface area contributed by atoms with E-state index in [1.807, 2.05) is 103 Å². The Morgan fingerprint density at radius 2 is 1.31 bits per heavy atom. The number of Topliss-reactive ketones (excluding diaryl/α,β-unsaturated/α-hetero) is 2. The van der Waals surface area contributed by atoms with Crippen LogP contribution in [0.4, 0.5) is 5.69 Å². The van der Waals surface area contributed by atoms with Crippen LogP contribution in [0.5, 0.6) is 0 Å². The van der Waals surface area contributed by atoms with Crippen LogP contribution in [-0.4, -0.2) is 79.0 Å². The summed E-state index contributed by atoms with van der Waals surface area (Å²) in [7, 11) is 0. The summed E-state index contributed by atoms with van der Waals surface area (Å²) in [6.45, 7) is 6.28. The Morgan fingerprint density at radius 3 is 1.95 bits per heavy atom.